The number of hydrogen-bond acceptors (Lipinski definition) is 3. The first kappa shape index (κ1) is 14.5. The largest absolute Gasteiger partial charge is 0.306 e. The predicted octanol–water partition coefficient (Wildman–Crippen LogP) is 1.62. The van der Waals surface area contributed by atoms with Gasteiger partial charge in [-0.2, -0.15) is 0 Å². The van der Waals surface area contributed by atoms with Gasteiger partial charge in [0.1, 0.15) is 0 Å². The summed E-state index contributed by atoms with van der Waals surface area (Å²) < 4.78 is 27.3. The summed E-state index contributed by atoms with van der Waals surface area (Å²) >= 11 is 0. The Morgan fingerprint density at radius 2 is 1.79 bits per heavy atom. The van der Waals surface area contributed by atoms with Crippen molar-refractivity contribution < 1.29 is 8.42 Å². The summed E-state index contributed by atoms with van der Waals surface area (Å²) in [5, 5.41) is 0. The summed E-state index contributed by atoms with van der Waals surface area (Å²) in [7, 11) is -1.31. The summed E-state index contributed by atoms with van der Waals surface area (Å²) in [6.45, 7) is 3.95. The first-order chi connectivity index (χ1) is 9.01. The minimum absolute atomic E-state index is 0.0621. The Balaban J connectivity index is 2.05. The molecular weight excluding hydrogens is 260 g/mol. The molecule has 106 valence electrons. The van der Waals surface area contributed by atoms with Crippen LogP contribution in [0.2, 0.25) is 0 Å². The zero-order valence-electron chi connectivity index (χ0n) is 11.6. The quantitative estimate of drug-likeness (QED) is 0.913. The molecule has 1 aliphatic rings. The number of likely N-dealkylation sites (tertiary alicyclic amines) is 1. The van der Waals surface area contributed by atoms with Crippen molar-refractivity contribution in [1.29, 1.82) is 0 Å². The van der Waals surface area contributed by atoms with Crippen LogP contribution in [-0.4, -0.2) is 39.5 Å². The Morgan fingerprint density at radius 3 is 2.32 bits per heavy atom. The van der Waals surface area contributed by atoms with E-state index in [9.17, 15) is 8.42 Å². The number of sulfonamides is 1. The molecule has 1 fully saturated rings. The SMILES string of the molecule is CCc1ccc(S(=O)(=O)NC2CCN(C)CC2)cc1. The minimum Gasteiger partial charge on any atom is -0.306 e. The van der Waals surface area contributed by atoms with E-state index < -0.39 is 10.0 Å². The Labute approximate surface area is 115 Å². The van der Waals surface area contributed by atoms with Crippen LogP contribution in [0.5, 0.6) is 0 Å². The zero-order chi connectivity index (χ0) is 13.9. The monoisotopic (exact) mass is 282 g/mol. The van der Waals surface area contributed by atoms with Gasteiger partial charge in [-0.3, -0.25) is 0 Å². The minimum atomic E-state index is -3.37. The molecule has 0 spiro atoms. The van der Waals surface area contributed by atoms with Crippen molar-refractivity contribution in [2.24, 2.45) is 0 Å². The highest BCUT2D eigenvalue weighted by molar-refractivity contribution is 7.89. The van der Waals surface area contributed by atoms with Crippen LogP contribution >= 0.6 is 0 Å². The van der Waals surface area contributed by atoms with Gasteiger partial charge < -0.3 is 4.90 Å². The number of piperidine rings is 1. The predicted molar refractivity (Wildman–Crippen MR) is 76.7 cm³/mol. The standard InChI is InChI=1S/C14H22N2O2S/c1-3-12-4-6-14(7-5-12)19(17,18)15-13-8-10-16(2)11-9-13/h4-7,13,15H,3,8-11H2,1-2H3. The van der Waals surface area contributed by atoms with Crippen LogP contribution in [0, 0.1) is 0 Å². The second-order valence-corrected chi connectivity index (χ2v) is 6.91. The molecule has 2 rings (SSSR count). The lowest BCUT2D eigenvalue weighted by atomic mass is 10.1. The summed E-state index contributed by atoms with van der Waals surface area (Å²) in [5.41, 5.74) is 1.15. The van der Waals surface area contributed by atoms with E-state index in [1.54, 1.807) is 12.1 Å². The van der Waals surface area contributed by atoms with Crippen molar-refractivity contribution in [3.63, 3.8) is 0 Å². The highest BCUT2D eigenvalue weighted by atomic mass is 32.2. The lowest BCUT2D eigenvalue weighted by molar-refractivity contribution is 0.248. The molecule has 4 nitrogen and oxygen atoms in total. The van der Waals surface area contributed by atoms with Crippen molar-refractivity contribution in [2.75, 3.05) is 20.1 Å². The van der Waals surface area contributed by atoms with Crippen LogP contribution in [0.3, 0.4) is 0 Å². The van der Waals surface area contributed by atoms with E-state index in [-0.39, 0.29) is 6.04 Å². The second kappa shape index (κ2) is 6.03. The van der Waals surface area contributed by atoms with Gasteiger partial charge in [-0.05, 0) is 57.1 Å². The number of aryl methyl sites for hydroxylation is 1. The first-order valence-corrected chi connectivity index (χ1v) is 8.29. The van der Waals surface area contributed by atoms with E-state index >= 15 is 0 Å². The van der Waals surface area contributed by atoms with Gasteiger partial charge in [0.2, 0.25) is 10.0 Å². The molecule has 0 saturated carbocycles. The van der Waals surface area contributed by atoms with Crippen LogP contribution in [0.15, 0.2) is 29.2 Å². The highest BCUT2D eigenvalue weighted by Gasteiger charge is 2.23. The smallest absolute Gasteiger partial charge is 0.240 e. The van der Waals surface area contributed by atoms with Crippen LogP contribution in [-0.2, 0) is 16.4 Å². The zero-order valence-corrected chi connectivity index (χ0v) is 12.4. The Bertz CT molecular complexity index is 503. The van der Waals surface area contributed by atoms with Gasteiger partial charge in [-0.1, -0.05) is 19.1 Å². The second-order valence-electron chi connectivity index (χ2n) is 5.20. The van der Waals surface area contributed by atoms with Gasteiger partial charge in [0.05, 0.1) is 4.90 Å². The molecule has 0 aromatic heterocycles. The molecule has 0 amide bonds. The fourth-order valence-corrected chi connectivity index (χ4v) is 3.62. The molecule has 1 aliphatic heterocycles. The Morgan fingerprint density at radius 1 is 1.21 bits per heavy atom. The molecule has 5 heteroatoms. The van der Waals surface area contributed by atoms with Gasteiger partial charge in [-0.15, -0.1) is 0 Å². The maximum atomic E-state index is 12.3. The third-order valence-corrected chi connectivity index (χ3v) is 5.22. The molecule has 1 N–H and O–H groups in total. The van der Waals surface area contributed by atoms with Gasteiger partial charge in [-0.25, -0.2) is 13.1 Å². The molecule has 0 unspecified atom stereocenters. The van der Waals surface area contributed by atoms with E-state index in [1.807, 2.05) is 12.1 Å². The summed E-state index contributed by atoms with van der Waals surface area (Å²) in [6.07, 6.45) is 2.67. The van der Waals surface area contributed by atoms with E-state index in [4.69, 9.17) is 0 Å². The fourth-order valence-electron chi connectivity index (χ4n) is 2.32. The third-order valence-electron chi connectivity index (χ3n) is 3.68. The molecule has 0 atom stereocenters. The molecular formula is C14H22N2O2S. The lowest BCUT2D eigenvalue weighted by Gasteiger charge is -2.29. The van der Waals surface area contributed by atoms with Crippen molar-refractivity contribution in [3.8, 4) is 0 Å². The molecule has 0 bridgehead atoms. The number of rotatable bonds is 4. The van der Waals surface area contributed by atoms with Gasteiger partial charge in [0.15, 0.2) is 0 Å². The molecule has 0 radical (unpaired) electrons. The molecule has 1 heterocycles. The average molecular weight is 282 g/mol. The topological polar surface area (TPSA) is 49.4 Å². The van der Waals surface area contributed by atoms with Crippen LogP contribution < -0.4 is 4.72 Å². The van der Waals surface area contributed by atoms with Crippen molar-refractivity contribution in [1.82, 2.24) is 9.62 Å². The summed E-state index contributed by atoms with van der Waals surface area (Å²) in [5.74, 6) is 0. The first-order valence-electron chi connectivity index (χ1n) is 6.81. The fraction of sp³-hybridized carbons (Fsp3) is 0.571. The molecule has 0 aliphatic carbocycles. The third kappa shape index (κ3) is 3.78. The maximum Gasteiger partial charge on any atom is 0.240 e. The summed E-state index contributed by atoms with van der Waals surface area (Å²) in [6, 6.07) is 7.20. The number of benzene rings is 1. The van der Waals surface area contributed by atoms with Gasteiger partial charge >= 0.3 is 0 Å². The number of hydrogen-bond donors (Lipinski definition) is 1. The normalized spacial score (nSPS) is 18.6. The van der Waals surface area contributed by atoms with Crippen LogP contribution in [0.4, 0.5) is 0 Å². The van der Waals surface area contributed by atoms with Crippen molar-refractivity contribution in [2.45, 2.75) is 37.1 Å². The summed E-state index contributed by atoms with van der Waals surface area (Å²) in [4.78, 5) is 2.59. The van der Waals surface area contributed by atoms with E-state index in [2.05, 4.69) is 23.6 Å². The number of nitrogens with one attached hydrogen (secondary N) is 1. The average Bonchev–Trinajstić information content (AvgIpc) is 2.41. The number of nitrogens with zero attached hydrogens (tertiary/aromatic N) is 1. The van der Waals surface area contributed by atoms with Crippen molar-refractivity contribution >= 4 is 10.0 Å². The lowest BCUT2D eigenvalue weighted by Crippen LogP contribution is -2.43. The molecule has 1 saturated heterocycles. The van der Waals surface area contributed by atoms with E-state index in [0.717, 1.165) is 37.9 Å². The molecule has 19 heavy (non-hydrogen) atoms. The molecule has 1 aromatic carbocycles. The highest BCUT2D eigenvalue weighted by Crippen LogP contribution is 2.15. The Hall–Kier alpha value is -0.910. The molecule has 1 aromatic rings. The van der Waals surface area contributed by atoms with Gasteiger partial charge in [0.25, 0.3) is 0 Å². The van der Waals surface area contributed by atoms with Crippen LogP contribution in [0.1, 0.15) is 25.3 Å². The van der Waals surface area contributed by atoms with E-state index in [1.165, 1.54) is 0 Å². The maximum absolute atomic E-state index is 12.3. The van der Waals surface area contributed by atoms with E-state index in [0.29, 0.717) is 4.90 Å². The van der Waals surface area contributed by atoms with Crippen LogP contribution in [0.25, 0.3) is 0 Å². The Kier molecular flexibility index (Phi) is 4.60. The van der Waals surface area contributed by atoms with Crippen molar-refractivity contribution in [3.05, 3.63) is 29.8 Å². The van der Waals surface area contributed by atoms with Gasteiger partial charge in [0, 0.05) is 6.04 Å².